The van der Waals surface area contributed by atoms with E-state index in [-0.39, 0.29) is 11.1 Å². The van der Waals surface area contributed by atoms with E-state index in [4.69, 9.17) is 4.55 Å². The Morgan fingerprint density at radius 2 is 1.80 bits per heavy atom. The number of benzene rings is 1. The Morgan fingerprint density at radius 3 is 2.50 bits per heavy atom. The van der Waals surface area contributed by atoms with Crippen molar-refractivity contribution < 1.29 is 13.0 Å². The van der Waals surface area contributed by atoms with Crippen LogP contribution in [0.1, 0.15) is 45.4 Å². The summed E-state index contributed by atoms with van der Waals surface area (Å²) in [5, 5.41) is 6.57. The van der Waals surface area contributed by atoms with Crippen LogP contribution in [0, 0.1) is 0 Å². The van der Waals surface area contributed by atoms with Gasteiger partial charge in [-0.15, -0.1) is 0 Å². The molecule has 1 aliphatic heterocycles. The van der Waals surface area contributed by atoms with Gasteiger partial charge >= 0.3 is 0 Å². The van der Waals surface area contributed by atoms with Crippen molar-refractivity contribution in [2.45, 2.75) is 56.5 Å². The van der Waals surface area contributed by atoms with E-state index in [0.29, 0.717) is 0 Å². The summed E-state index contributed by atoms with van der Waals surface area (Å²) in [6.07, 6.45) is 7.29. The van der Waals surface area contributed by atoms with Crippen LogP contribution in [0.2, 0.25) is 0 Å². The van der Waals surface area contributed by atoms with E-state index in [1.807, 2.05) is 0 Å². The van der Waals surface area contributed by atoms with Crippen molar-refractivity contribution in [1.29, 1.82) is 0 Å². The van der Waals surface area contributed by atoms with E-state index in [1.165, 1.54) is 37.8 Å². The largest absolute Gasteiger partial charge is 0.364 e. The van der Waals surface area contributed by atoms with Gasteiger partial charge in [0.1, 0.15) is 0 Å². The average molecular weight is 298 g/mol. The third-order valence-corrected chi connectivity index (χ3v) is 4.39. The molecule has 0 saturated carbocycles. The predicted molar refractivity (Wildman–Crippen MR) is 80.7 cm³/mol. The van der Waals surface area contributed by atoms with Crippen molar-refractivity contribution in [3.8, 4) is 0 Å². The molecule has 1 aliphatic rings. The predicted octanol–water partition coefficient (Wildman–Crippen LogP) is 3.46. The van der Waals surface area contributed by atoms with Gasteiger partial charge < -0.3 is 10.6 Å². The molecule has 1 heterocycles. The summed E-state index contributed by atoms with van der Waals surface area (Å²) in [6.45, 7) is 2.20. The Labute approximate surface area is 120 Å². The molecule has 6 heteroatoms. The lowest BCUT2D eigenvalue weighted by Crippen LogP contribution is -2.21. The molecule has 20 heavy (non-hydrogen) atoms. The second-order valence-corrected chi connectivity index (χ2v) is 6.65. The summed E-state index contributed by atoms with van der Waals surface area (Å²) in [5.41, 5.74) is 1.62. The first kappa shape index (κ1) is 15.1. The van der Waals surface area contributed by atoms with Gasteiger partial charge in [-0.1, -0.05) is 32.6 Å². The fourth-order valence-corrected chi connectivity index (χ4v) is 2.94. The minimum Gasteiger partial charge on any atom is -0.364 e. The quantitative estimate of drug-likeness (QED) is 0.531. The second kappa shape index (κ2) is 6.45. The van der Waals surface area contributed by atoms with Gasteiger partial charge in [0.2, 0.25) is 0 Å². The lowest BCUT2D eigenvalue weighted by molar-refractivity contribution is 0.483. The summed E-state index contributed by atoms with van der Waals surface area (Å²) < 4.78 is 31.2. The smallest absolute Gasteiger partial charge is 0.294 e. The van der Waals surface area contributed by atoms with Crippen LogP contribution in [0.4, 0.5) is 11.4 Å². The zero-order valence-electron chi connectivity index (χ0n) is 11.7. The maximum atomic E-state index is 11.1. The Hall–Kier alpha value is -1.27. The summed E-state index contributed by atoms with van der Waals surface area (Å²) in [5.74, 6) is 0. The fourth-order valence-electron chi connectivity index (χ4n) is 2.44. The zero-order valence-corrected chi connectivity index (χ0v) is 12.5. The Kier molecular flexibility index (Phi) is 4.88. The van der Waals surface area contributed by atoms with Crippen molar-refractivity contribution in [3.63, 3.8) is 0 Å². The fraction of sp³-hybridized carbons (Fsp3) is 0.571. The van der Waals surface area contributed by atoms with Gasteiger partial charge in [0.25, 0.3) is 10.1 Å². The van der Waals surface area contributed by atoms with E-state index in [0.717, 1.165) is 24.2 Å². The van der Waals surface area contributed by atoms with Gasteiger partial charge in [-0.3, -0.25) is 4.55 Å². The number of hydrogen-bond acceptors (Lipinski definition) is 4. The van der Waals surface area contributed by atoms with Gasteiger partial charge in [-0.25, -0.2) is 0 Å². The molecule has 1 unspecified atom stereocenters. The Balaban J connectivity index is 1.88. The normalized spacial score (nSPS) is 17.4. The van der Waals surface area contributed by atoms with Gasteiger partial charge in [0.05, 0.1) is 22.4 Å². The zero-order chi connectivity index (χ0) is 14.6. The number of unbranched alkanes of at least 4 members (excludes halogenated alkanes) is 4. The molecular weight excluding hydrogens is 276 g/mol. The number of fused-ring (bicyclic) bond motifs is 1. The summed E-state index contributed by atoms with van der Waals surface area (Å²) in [6, 6.07) is 4.56. The lowest BCUT2D eigenvalue weighted by atomic mass is 10.1. The van der Waals surface area contributed by atoms with E-state index in [9.17, 15) is 8.42 Å². The SMILES string of the molecule is CCCCCCCC1Nc2ccc(S(=O)(=O)O)cc2N1. The van der Waals surface area contributed by atoms with Crippen LogP contribution >= 0.6 is 0 Å². The van der Waals surface area contributed by atoms with E-state index in [1.54, 1.807) is 6.07 Å². The highest BCUT2D eigenvalue weighted by atomic mass is 32.2. The van der Waals surface area contributed by atoms with Crippen LogP contribution in [0.15, 0.2) is 23.1 Å². The van der Waals surface area contributed by atoms with Gasteiger partial charge in [0.15, 0.2) is 0 Å². The molecule has 0 spiro atoms. The minimum atomic E-state index is -4.14. The first-order chi connectivity index (χ1) is 9.50. The maximum absolute atomic E-state index is 11.1. The molecule has 0 bridgehead atoms. The highest BCUT2D eigenvalue weighted by Crippen LogP contribution is 2.32. The lowest BCUT2D eigenvalue weighted by Gasteiger charge is -2.11. The van der Waals surface area contributed by atoms with Crippen molar-refractivity contribution in [2.24, 2.45) is 0 Å². The first-order valence-corrected chi connectivity index (χ1v) is 8.59. The minimum absolute atomic E-state index is 0.0749. The highest BCUT2D eigenvalue weighted by Gasteiger charge is 2.21. The van der Waals surface area contributed by atoms with Crippen molar-refractivity contribution >= 4 is 21.5 Å². The summed E-state index contributed by atoms with van der Waals surface area (Å²) >= 11 is 0. The van der Waals surface area contributed by atoms with Crippen molar-refractivity contribution in [1.82, 2.24) is 0 Å². The topological polar surface area (TPSA) is 78.4 Å². The van der Waals surface area contributed by atoms with E-state index in [2.05, 4.69) is 17.6 Å². The maximum Gasteiger partial charge on any atom is 0.294 e. The van der Waals surface area contributed by atoms with Crippen LogP contribution in [-0.4, -0.2) is 19.1 Å². The molecule has 0 aliphatic carbocycles. The molecule has 112 valence electrons. The second-order valence-electron chi connectivity index (χ2n) is 5.23. The molecular formula is C14H22N2O3S. The van der Waals surface area contributed by atoms with Gasteiger partial charge in [-0.05, 0) is 31.0 Å². The first-order valence-electron chi connectivity index (χ1n) is 7.15. The Morgan fingerprint density at radius 1 is 1.10 bits per heavy atom. The van der Waals surface area contributed by atoms with Crippen molar-refractivity contribution in [3.05, 3.63) is 18.2 Å². The highest BCUT2D eigenvalue weighted by molar-refractivity contribution is 7.85. The Bertz CT molecular complexity index is 558. The molecule has 1 aromatic rings. The van der Waals surface area contributed by atoms with Crippen LogP contribution < -0.4 is 10.6 Å². The van der Waals surface area contributed by atoms with E-state index >= 15 is 0 Å². The number of anilines is 2. The van der Waals surface area contributed by atoms with Gasteiger partial charge in [0, 0.05) is 0 Å². The summed E-state index contributed by atoms with van der Waals surface area (Å²) in [4.78, 5) is -0.0749. The molecule has 2 rings (SSSR count). The molecule has 5 nitrogen and oxygen atoms in total. The molecule has 1 aromatic carbocycles. The number of nitrogens with one attached hydrogen (secondary N) is 2. The molecule has 0 radical (unpaired) electrons. The number of hydrogen-bond donors (Lipinski definition) is 3. The third kappa shape index (κ3) is 3.86. The molecule has 0 saturated heterocycles. The standard InChI is InChI=1S/C14H22N2O3S/c1-2-3-4-5-6-7-14-15-12-9-8-11(20(17,18)19)10-13(12)16-14/h8-10,14-16H,2-7H2,1H3,(H,17,18,19). The van der Waals surface area contributed by atoms with Gasteiger partial charge in [-0.2, -0.15) is 8.42 Å². The summed E-state index contributed by atoms with van der Waals surface area (Å²) in [7, 11) is -4.14. The molecule has 3 N–H and O–H groups in total. The number of rotatable bonds is 7. The average Bonchev–Trinajstić information content (AvgIpc) is 2.79. The molecule has 1 atom stereocenters. The monoisotopic (exact) mass is 298 g/mol. The third-order valence-electron chi connectivity index (χ3n) is 3.54. The van der Waals surface area contributed by atoms with Crippen LogP contribution in [0.25, 0.3) is 0 Å². The molecule has 0 fully saturated rings. The molecule has 0 aromatic heterocycles. The molecule has 0 amide bonds. The van der Waals surface area contributed by atoms with E-state index < -0.39 is 10.1 Å². The van der Waals surface area contributed by atoms with Crippen molar-refractivity contribution in [2.75, 3.05) is 10.6 Å². The van der Waals surface area contributed by atoms with Crippen LogP contribution in [0.5, 0.6) is 0 Å². The van der Waals surface area contributed by atoms with Crippen LogP contribution in [-0.2, 0) is 10.1 Å². The van der Waals surface area contributed by atoms with Crippen LogP contribution in [0.3, 0.4) is 0 Å².